The molecular weight excluding hydrogens is 308 g/mol. The van der Waals surface area contributed by atoms with Crippen molar-refractivity contribution in [2.75, 3.05) is 13.1 Å². The van der Waals surface area contributed by atoms with Crippen LogP contribution in [0.4, 0.5) is 0 Å². The number of hydrogen-bond donors (Lipinski definition) is 1. The van der Waals surface area contributed by atoms with Crippen molar-refractivity contribution in [2.45, 2.75) is 39.0 Å². The van der Waals surface area contributed by atoms with Gasteiger partial charge in [0, 0.05) is 40.6 Å². The monoisotopic (exact) mass is 330 g/mol. The minimum absolute atomic E-state index is 0.133. The Morgan fingerprint density at radius 3 is 2.83 bits per heavy atom. The van der Waals surface area contributed by atoms with Crippen LogP contribution < -0.4 is 0 Å². The second-order valence-corrected chi connectivity index (χ2v) is 7.66. The number of nitrogens with one attached hydrogen (secondary N) is 1. The second kappa shape index (κ2) is 5.86. The summed E-state index contributed by atoms with van der Waals surface area (Å²) in [6, 6.07) is 5.99. The van der Waals surface area contributed by atoms with E-state index in [0.717, 1.165) is 61.7 Å². The Bertz CT molecular complexity index is 743. The smallest absolute Gasteiger partial charge is 0.226 e. The fraction of sp³-hybridized carbons (Fsp3) is 0.526. The number of aromatic amines is 1. The second-order valence-electron chi connectivity index (χ2n) is 7.22. The minimum Gasteiger partial charge on any atom is -0.358 e. The maximum atomic E-state index is 12.9. The third kappa shape index (κ3) is 2.76. The number of likely N-dealkylation sites (tertiary alicyclic amines) is 1. The molecule has 1 saturated heterocycles. The average Bonchev–Trinajstić information content (AvgIpc) is 2.92. The molecule has 0 bridgehead atoms. The van der Waals surface area contributed by atoms with E-state index in [1.165, 1.54) is 16.6 Å². The molecule has 2 aromatic rings. The van der Waals surface area contributed by atoms with E-state index in [2.05, 4.69) is 16.8 Å². The third-order valence-electron chi connectivity index (χ3n) is 5.59. The fourth-order valence-corrected chi connectivity index (χ4v) is 4.26. The molecule has 1 fully saturated rings. The van der Waals surface area contributed by atoms with E-state index in [9.17, 15) is 4.79 Å². The molecule has 1 unspecified atom stereocenters. The number of nitrogens with zero attached hydrogens (tertiary/aromatic N) is 1. The number of halogens is 1. The van der Waals surface area contributed by atoms with Gasteiger partial charge in [0.1, 0.15) is 0 Å². The van der Waals surface area contributed by atoms with Gasteiger partial charge in [0.25, 0.3) is 0 Å². The van der Waals surface area contributed by atoms with Crippen molar-refractivity contribution < 1.29 is 4.79 Å². The highest BCUT2D eigenvalue weighted by Crippen LogP contribution is 2.34. The summed E-state index contributed by atoms with van der Waals surface area (Å²) in [6.45, 7) is 4.15. The van der Waals surface area contributed by atoms with Gasteiger partial charge in [-0.1, -0.05) is 18.5 Å². The normalized spacial score (nSPS) is 22.3. The number of H-pyrrole nitrogens is 1. The molecule has 0 radical (unpaired) electrons. The SMILES string of the molecule is CC1CCN(C(=O)C2CCc3[nH]c4ccc(Cl)cc4c3C2)CC1. The summed E-state index contributed by atoms with van der Waals surface area (Å²) in [7, 11) is 0. The molecule has 0 saturated carbocycles. The zero-order chi connectivity index (χ0) is 16.0. The van der Waals surface area contributed by atoms with Crippen LogP contribution in [0.5, 0.6) is 0 Å². The molecule has 4 heteroatoms. The highest BCUT2D eigenvalue weighted by Gasteiger charge is 2.31. The predicted octanol–water partition coefficient (Wildman–Crippen LogP) is 4.18. The quantitative estimate of drug-likeness (QED) is 0.836. The molecule has 2 aliphatic rings. The largest absolute Gasteiger partial charge is 0.358 e. The molecule has 2 heterocycles. The Balaban J connectivity index is 1.57. The maximum absolute atomic E-state index is 12.9. The van der Waals surface area contributed by atoms with E-state index >= 15 is 0 Å². The lowest BCUT2D eigenvalue weighted by Crippen LogP contribution is -2.42. The standard InChI is InChI=1S/C19H23ClN2O/c1-12-6-8-22(9-7-12)19(23)13-2-4-17-15(10-13)16-11-14(20)3-5-18(16)21-17/h3,5,11-13,21H,2,4,6-10H2,1H3. The first-order chi connectivity index (χ1) is 11.1. The van der Waals surface area contributed by atoms with Gasteiger partial charge in [0.2, 0.25) is 5.91 Å². The molecule has 1 N–H and O–H groups in total. The highest BCUT2D eigenvalue weighted by molar-refractivity contribution is 6.31. The zero-order valence-corrected chi connectivity index (χ0v) is 14.3. The van der Waals surface area contributed by atoms with Crippen molar-refractivity contribution in [1.82, 2.24) is 9.88 Å². The van der Waals surface area contributed by atoms with Gasteiger partial charge in [-0.25, -0.2) is 0 Å². The fourth-order valence-electron chi connectivity index (χ4n) is 4.09. The minimum atomic E-state index is 0.133. The van der Waals surface area contributed by atoms with Gasteiger partial charge in [-0.2, -0.15) is 0 Å². The van der Waals surface area contributed by atoms with Crippen molar-refractivity contribution in [1.29, 1.82) is 0 Å². The Morgan fingerprint density at radius 2 is 2.04 bits per heavy atom. The van der Waals surface area contributed by atoms with Crippen molar-refractivity contribution in [2.24, 2.45) is 11.8 Å². The maximum Gasteiger partial charge on any atom is 0.226 e. The predicted molar refractivity (Wildman–Crippen MR) is 93.8 cm³/mol. The van der Waals surface area contributed by atoms with Crippen molar-refractivity contribution >= 4 is 28.4 Å². The van der Waals surface area contributed by atoms with Gasteiger partial charge in [-0.05, 0) is 61.8 Å². The molecular formula is C19H23ClN2O. The van der Waals surface area contributed by atoms with Crippen LogP contribution >= 0.6 is 11.6 Å². The molecule has 1 atom stereocenters. The van der Waals surface area contributed by atoms with Gasteiger partial charge in [0.05, 0.1) is 0 Å². The molecule has 1 aliphatic heterocycles. The number of carbonyl (C=O) groups excluding carboxylic acids is 1. The van der Waals surface area contributed by atoms with Crippen LogP contribution in [0.3, 0.4) is 0 Å². The molecule has 1 aromatic carbocycles. The lowest BCUT2D eigenvalue weighted by molar-refractivity contribution is -0.137. The number of aryl methyl sites for hydroxylation is 1. The molecule has 1 aliphatic carbocycles. The van der Waals surface area contributed by atoms with Crippen LogP contribution in [0.25, 0.3) is 10.9 Å². The molecule has 23 heavy (non-hydrogen) atoms. The highest BCUT2D eigenvalue weighted by atomic mass is 35.5. The molecule has 3 nitrogen and oxygen atoms in total. The molecule has 1 aromatic heterocycles. The first-order valence-corrected chi connectivity index (χ1v) is 9.07. The van der Waals surface area contributed by atoms with Crippen LogP contribution in [0.1, 0.15) is 37.4 Å². The summed E-state index contributed by atoms with van der Waals surface area (Å²) in [4.78, 5) is 18.5. The van der Waals surface area contributed by atoms with Crippen LogP contribution in [0, 0.1) is 11.8 Å². The Morgan fingerprint density at radius 1 is 1.26 bits per heavy atom. The first-order valence-electron chi connectivity index (χ1n) is 8.69. The Hall–Kier alpha value is -1.48. The molecule has 122 valence electrons. The number of hydrogen-bond acceptors (Lipinski definition) is 1. The summed E-state index contributed by atoms with van der Waals surface area (Å²) in [5, 5.41) is 1.95. The summed E-state index contributed by atoms with van der Waals surface area (Å²) in [6.07, 6.45) is 5.06. The molecule has 4 rings (SSSR count). The topological polar surface area (TPSA) is 36.1 Å². The van der Waals surface area contributed by atoms with Crippen molar-refractivity contribution in [3.63, 3.8) is 0 Å². The number of piperidine rings is 1. The van der Waals surface area contributed by atoms with Crippen molar-refractivity contribution in [3.05, 3.63) is 34.5 Å². The van der Waals surface area contributed by atoms with Crippen molar-refractivity contribution in [3.8, 4) is 0 Å². The van der Waals surface area contributed by atoms with E-state index in [4.69, 9.17) is 11.6 Å². The Kier molecular flexibility index (Phi) is 3.84. The van der Waals surface area contributed by atoms with Gasteiger partial charge < -0.3 is 9.88 Å². The van der Waals surface area contributed by atoms with Gasteiger partial charge >= 0.3 is 0 Å². The number of fused-ring (bicyclic) bond motifs is 3. The number of aromatic nitrogens is 1. The summed E-state index contributed by atoms with van der Waals surface area (Å²) >= 11 is 6.16. The van der Waals surface area contributed by atoms with Crippen LogP contribution in [0.15, 0.2) is 18.2 Å². The number of carbonyl (C=O) groups is 1. The lowest BCUT2D eigenvalue weighted by Gasteiger charge is -2.34. The van der Waals surface area contributed by atoms with E-state index in [1.807, 2.05) is 18.2 Å². The van der Waals surface area contributed by atoms with Crippen LogP contribution in [-0.2, 0) is 17.6 Å². The van der Waals surface area contributed by atoms with E-state index in [0.29, 0.717) is 5.91 Å². The van der Waals surface area contributed by atoms with E-state index < -0.39 is 0 Å². The van der Waals surface area contributed by atoms with Crippen LogP contribution in [-0.4, -0.2) is 28.9 Å². The number of amides is 1. The summed E-state index contributed by atoms with van der Waals surface area (Å²) in [5.41, 5.74) is 3.73. The lowest BCUT2D eigenvalue weighted by atomic mass is 9.85. The molecule has 1 amide bonds. The van der Waals surface area contributed by atoms with Gasteiger partial charge in [0.15, 0.2) is 0 Å². The Labute approximate surface area is 142 Å². The molecule has 0 spiro atoms. The van der Waals surface area contributed by atoms with E-state index in [-0.39, 0.29) is 5.92 Å². The van der Waals surface area contributed by atoms with Gasteiger partial charge in [-0.3, -0.25) is 4.79 Å². The first kappa shape index (κ1) is 15.1. The summed E-state index contributed by atoms with van der Waals surface area (Å²) < 4.78 is 0. The summed E-state index contributed by atoms with van der Waals surface area (Å²) in [5.74, 6) is 1.25. The number of rotatable bonds is 1. The average molecular weight is 331 g/mol. The van der Waals surface area contributed by atoms with Crippen LogP contribution in [0.2, 0.25) is 5.02 Å². The zero-order valence-electron chi connectivity index (χ0n) is 13.6. The van der Waals surface area contributed by atoms with Gasteiger partial charge in [-0.15, -0.1) is 0 Å². The third-order valence-corrected chi connectivity index (χ3v) is 5.83. The number of benzene rings is 1. The van der Waals surface area contributed by atoms with E-state index in [1.54, 1.807) is 0 Å².